The zero-order chi connectivity index (χ0) is 28.5. The van der Waals surface area contributed by atoms with Crippen LogP contribution in [0.3, 0.4) is 0 Å². The number of nitrogens with two attached hydrogens (primary N) is 1. The standard InChI is InChI=1S/C23H23F6N5O4/c1-2-38-20(36)10-18(14-6-15(22(24,25)26)9-16(7-14)23(27,28)29)34-19(35)11-31-21(37)13-4-3-5-17(8-13)32-12-33-30/h3-9,12,18H,2,10-11,30H2,1H3,(H,31,37)(H,32,33)(H,34,35). The second-order valence-electron chi connectivity index (χ2n) is 7.63. The van der Waals surface area contributed by atoms with Crippen molar-refractivity contribution in [3.8, 4) is 0 Å². The molecule has 0 fully saturated rings. The molecule has 2 aromatic carbocycles. The summed E-state index contributed by atoms with van der Waals surface area (Å²) < 4.78 is 84.5. The van der Waals surface area contributed by atoms with Crippen LogP contribution in [-0.4, -0.2) is 37.3 Å². The molecule has 2 amide bonds. The number of benzene rings is 2. The number of rotatable bonds is 10. The molecule has 2 aromatic rings. The quantitative estimate of drug-likeness (QED) is 0.0900. The van der Waals surface area contributed by atoms with Crippen molar-refractivity contribution in [2.45, 2.75) is 31.7 Å². The lowest BCUT2D eigenvalue weighted by Gasteiger charge is -2.22. The van der Waals surface area contributed by atoms with E-state index in [2.05, 4.69) is 21.1 Å². The number of hydrazine groups is 1. The van der Waals surface area contributed by atoms with Crippen LogP contribution in [0.1, 0.15) is 46.4 Å². The highest BCUT2D eigenvalue weighted by atomic mass is 19.4. The predicted octanol–water partition coefficient (Wildman–Crippen LogP) is 3.39. The molecule has 0 saturated carbocycles. The van der Waals surface area contributed by atoms with E-state index in [0.717, 1.165) is 6.34 Å². The average molecular weight is 547 g/mol. The molecular weight excluding hydrogens is 524 g/mol. The van der Waals surface area contributed by atoms with Crippen molar-refractivity contribution in [2.75, 3.05) is 13.2 Å². The van der Waals surface area contributed by atoms with Gasteiger partial charge in [-0.15, -0.1) is 0 Å². The van der Waals surface area contributed by atoms with Gasteiger partial charge in [0.2, 0.25) is 5.91 Å². The Morgan fingerprint density at radius 3 is 2.21 bits per heavy atom. The topological polar surface area (TPSA) is 135 Å². The first-order valence-corrected chi connectivity index (χ1v) is 10.9. The Balaban J connectivity index is 2.27. The summed E-state index contributed by atoms with van der Waals surface area (Å²) in [5.74, 6) is 2.39. The van der Waals surface area contributed by atoms with Gasteiger partial charge in [-0.3, -0.25) is 14.4 Å². The fourth-order valence-electron chi connectivity index (χ4n) is 3.17. The van der Waals surface area contributed by atoms with Crippen molar-refractivity contribution in [1.82, 2.24) is 16.1 Å². The summed E-state index contributed by atoms with van der Waals surface area (Å²) in [5, 5.41) is 4.46. The molecule has 0 radical (unpaired) electrons. The van der Waals surface area contributed by atoms with Crippen molar-refractivity contribution in [3.63, 3.8) is 0 Å². The molecule has 0 aliphatic carbocycles. The number of aliphatic imine (C=N–C) groups is 1. The summed E-state index contributed by atoms with van der Waals surface area (Å²) in [6.45, 7) is 0.622. The highest BCUT2D eigenvalue weighted by Gasteiger charge is 2.38. The number of alkyl halides is 6. The second kappa shape index (κ2) is 12.9. The van der Waals surface area contributed by atoms with E-state index in [9.17, 15) is 40.7 Å². The number of ether oxygens (including phenoxy) is 1. The van der Waals surface area contributed by atoms with Crippen molar-refractivity contribution in [3.05, 3.63) is 64.7 Å². The first-order valence-electron chi connectivity index (χ1n) is 10.9. The molecule has 0 bridgehead atoms. The van der Waals surface area contributed by atoms with Crippen LogP contribution in [0.25, 0.3) is 0 Å². The summed E-state index contributed by atoms with van der Waals surface area (Å²) in [7, 11) is 0. The Kier molecular flexibility index (Phi) is 10.2. The molecule has 0 saturated heterocycles. The van der Waals surface area contributed by atoms with Gasteiger partial charge >= 0.3 is 18.3 Å². The third-order valence-corrected chi connectivity index (χ3v) is 4.83. The van der Waals surface area contributed by atoms with Gasteiger partial charge in [-0.05, 0) is 48.9 Å². The molecule has 15 heteroatoms. The van der Waals surface area contributed by atoms with E-state index in [1.54, 1.807) is 6.07 Å². The lowest BCUT2D eigenvalue weighted by Crippen LogP contribution is -2.39. The van der Waals surface area contributed by atoms with Crippen LogP contribution in [0.15, 0.2) is 47.5 Å². The molecule has 1 atom stereocenters. The van der Waals surface area contributed by atoms with Crippen molar-refractivity contribution in [2.24, 2.45) is 10.8 Å². The number of hydrogen-bond donors (Lipinski definition) is 4. The monoisotopic (exact) mass is 547 g/mol. The summed E-state index contributed by atoms with van der Waals surface area (Å²) in [5.41, 5.74) is -1.24. The zero-order valence-corrected chi connectivity index (χ0v) is 19.7. The Morgan fingerprint density at radius 2 is 1.66 bits per heavy atom. The number of halogens is 6. The maximum absolute atomic E-state index is 13.3. The molecule has 0 heterocycles. The van der Waals surface area contributed by atoms with Gasteiger partial charge in [-0.1, -0.05) is 6.07 Å². The Morgan fingerprint density at radius 1 is 1.03 bits per heavy atom. The van der Waals surface area contributed by atoms with Gasteiger partial charge in [-0.25, -0.2) is 10.8 Å². The lowest BCUT2D eigenvalue weighted by molar-refractivity contribution is -0.144. The Hall–Kier alpha value is -4.14. The fraction of sp³-hybridized carbons (Fsp3) is 0.304. The van der Waals surface area contributed by atoms with Gasteiger partial charge < -0.3 is 20.8 Å². The summed E-state index contributed by atoms with van der Waals surface area (Å²) >= 11 is 0. The molecular formula is C23H23F6N5O4. The van der Waals surface area contributed by atoms with Crippen LogP contribution in [0.5, 0.6) is 0 Å². The largest absolute Gasteiger partial charge is 0.466 e. The van der Waals surface area contributed by atoms with E-state index in [-0.39, 0.29) is 18.2 Å². The minimum atomic E-state index is -5.14. The first-order chi connectivity index (χ1) is 17.7. The number of hydrogen-bond acceptors (Lipinski definition) is 6. The lowest BCUT2D eigenvalue weighted by atomic mass is 9.97. The second-order valence-corrected chi connectivity index (χ2v) is 7.63. The molecule has 0 aromatic heterocycles. The van der Waals surface area contributed by atoms with Crippen LogP contribution in [0.2, 0.25) is 0 Å². The third-order valence-electron chi connectivity index (χ3n) is 4.83. The van der Waals surface area contributed by atoms with E-state index in [4.69, 9.17) is 10.6 Å². The van der Waals surface area contributed by atoms with Crippen molar-refractivity contribution in [1.29, 1.82) is 0 Å². The number of nitrogens with zero attached hydrogens (tertiary/aromatic N) is 1. The number of nitrogens with one attached hydrogen (secondary N) is 3. The van der Waals surface area contributed by atoms with Crippen molar-refractivity contribution >= 4 is 29.8 Å². The number of carbonyl (C=O) groups is 3. The SMILES string of the molecule is CCOC(=O)CC(NC(=O)CNC(=O)c1cccc(N=CNN)c1)c1cc(C(F)(F)F)cc(C(F)(F)F)c1. The molecule has 1 unspecified atom stereocenters. The fourth-order valence-corrected chi connectivity index (χ4v) is 3.17. The van der Waals surface area contributed by atoms with Crippen LogP contribution in [0, 0.1) is 0 Å². The minimum absolute atomic E-state index is 0.0747. The molecule has 9 nitrogen and oxygen atoms in total. The maximum atomic E-state index is 13.3. The molecule has 38 heavy (non-hydrogen) atoms. The highest BCUT2D eigenvalue weighted by Crippen LogP contribution is 2.38. The molecule has 0 aliphatic rings. The third kappa shape index (κ3) is 9.06. The summed E-state index contributed by atoms with van der Waals surface area (Å²) in [6.07, 6.45) is -9.88. The van der Waals surface area contributed by atoms with Gasteiger partial charge in [0, 0.05) is 5.56 Å². The van der Waals surface area contributed by atoms with Crippen LogP contribution >= 0.6 is 0 Å². The normalized spacial score (nSPS) is 12.6. The van der Waals surface area contributed by atoms with Gasteiger partial charge in [0.25, 0.3) is 5.91 Å². The minimum Gasteiger partial charge on any atom is -0.466 e. The van der Waals surface area contributed by atoms with Crippen LogP contribution in [-0.2, 0) is 26.7 Å². The highest BCUT2D eigenvalue weighted by molar-refractivity contribution is 5.97. The van der Waals surface area contributed by atoms with Crippen molar-refractivity contribution < 1.29 is 45.5 Å². The average Bonchev–Trinajstić information content (AvgIpc) is 2.84. The Bertz CT molecular complexity index is 1150. The number of carbonyl (C=O) groups excluding carboxylic acids is 3. The van der Waals surface area contributed by atoms with E-state index < -0.39 is 65.8 Å². The van der Waals surface area contributed by atoms with E-state index >= 15 is 0 Å². The smallest absolute Gasteiger partial charge is 0.416 e. The number of amides is 2. The molecule has 2 rings (SSSR count). The first kappa shape index (κ1) is 30.1. The molecule has 206 valence electrons. The van der Waals surface area contributed by atoms with Gasteiger partial charge in [0.05, 0.1) is 42.4 Å². The van der Waals surface area contributed by atoms with Gasteiger partial charge in [0.1, 0.15) is 6.34 Å². The predicted molar refractivity (Wildman–Crippen MR) is 123 cm³/mol. The van der Waals surface area contributed by atoms with Crippen LogP contribution < -0.4 is 21.9 Å². The van der Waals surface area contributed by atoms with E-state index in [1.165, 1.54) is 25.1 Å². The van der Waals surface area contributed by atoms with E-state index in [0.29, 0.717) is 17.8 Å². The van der Waals surface area contributed by atoms with E-state index in [1.807, 2.05) is 0 Å². The van der Waals surface area contributed by atoms with Gasteiger partial charge in [-0.2, -0.15) is 26.3 Å². The molecule has 5 N–H and O–H groups in total. The van der Waals surface area contributed by atoms with Gasteiger partial charge in [0.15, 0.2) is 0 Å². The zero-order valence-electron chi connectivity index (χ0n) is 19.7. The number of esters is 1. The molecule has 0 aliphatic heterocycles. The Labute approximate surface area is 212 Å². The summed E-state index contributed by atoms with van der Waals surface area (Å²) in [4.78, 5) is 40.8. The van der Waals surface area contributed by atoms with Crippen LogP contribution in [0.4, 0.5) is 32.0 Å². The summed E-state index contributed by atoms with van der Waals surface area (Å²) in [6, 6.07) is 4.94. The maximum Gasteiger partial charge on any atom is 0.416 e. The molecule has 0 spiro atoms.